The highest BCUT2D eigenvalue weighted by Gasteiger charge is 2.15. The minimum absolute atomic E-state index is 0.349. The molecule has 0 bridgehead atoms. The Balaban J connectivity index is 1.91. The fourth-order valence-corrected chi connectivity index (χ4v) is 2.49. The average molecular weight is 297 g/mol. The van der Waals surface area contributed by atoms with E-state index in [1.54, 1.807) is 24.4 Å². The van der Waals surface area contributed by atoms with E-state index in [-0.39, 0.29) is 0 Å². The van der Waals surface area contributed by atoms with Crippen LogP contribution in [0.25, 0.3) is 0 Å². The molecule has 0 saturated carbocycles. The summed E-state index contributed by atoms with van der Waals surface area (Å²) in [5.74, 6) is 0.855. The predicted octanol–water partition coefficient (Wildman–Crippen LogP) is 1.50. The first-order valence-electron chi connectivity index (χ1n) is 7.18. The van der Waals surface area contributed by atoms with Crippen molar-refractivity contribution >= 4 is 22.9 Å². The van der Waals surface area contributed by atoms with Crippen molar-refractivity contribution in [3.8, 4) is 0 Å². The lowest BCUT2D eigenvalue weighted by molar-refractivity contribution is 0.122. The van der Waals surface area contributed by atoms with Crippen molar-refractivity contribution < 1.29 is 4.74 Å². The van der Waals surface area contributed by atoms with Crippen LogP contribution in [0.1, 0.15) is 11.1 Å². The van der Waals surface area contributed by atoms with E-state index in [1.807, 2.05) is 12.1 Å². The highest BCUT2D eigenvalue weighted by Crippen LogP contribution is 2.21. The molecule has 1 aliphatic rings. The Morgan fingerprint density at radius 2 is 1.91 bits per heavy atom. The monoisotopic (exact) mass is 297 g/mol. The number of hydrogen-bond donors (Lipinski definition) is 3. The number of pyridine rings is 1. The van der Waals surface area contributed by atoms with Crippen molar-refractivity contribution in [3.63, 3.8) is 0 Å². The standard InChI is InChI=1S/C16H19N5O/c17-12-1-2-14(18)13(10-12)16(19)11-3-4-20-15(9-11)21-5-7-22-8-6-21/h1-4,9-10,19H,5-8,17-18H2. The van der Waals surface area contributed by atoms with Crippen molar-refractivity contribution in [1.29, 1.82) is 5.41 Å². The van der Waals surface area contributed by atoms with Gasteiger partial charge in [0.1, 0.15) is 5.82 Å². The van der Waals surface area contributed by atoms with Gasteiger partial charge in [-0.2, -0.15) is 0 Å². The van der Waals surface area contributed by atoms with Crippen LogP contribution in [0.5, 0.6) is 0 Å². The fraction of sp³-hybridized carbons (Fsp3) is 0.250. The average Bonchev–Trinajstić information content (AvgIpc) is 2.57. The summed E-state index contributed by atoms with van der Waals surface area (Å²) < 4.78 is 5.36. The van der Waals surface area contributed by atoms with Crippen molar-refractivity contribution in [2.45, 2.75) is 0 Å². The lowest BCUT2D eigenvalue weighted by Crippen LogP contribution is -2.36. The number of morpholine rings is 1. The number of ether oxygens (including phenoxy) is 1. The van der Waals surface area contributed by atoms with Gasteiger partial charge in [0, 0.05) is 41.8 Å². The maximum atomic E-state index is 8.41. The Morgan fingerprint density at radius 3 is 2.68 bits per heavy atom. The predicted molar refractivity (Wildman–Crippen MR) is 88.5 cm³/mol. The molecule has 2 heterocycles. The summed E-state index contributed by atoms with van der Waals surface area (Å²) in [4.78, 5) is 6.55. The number of benzene rings is 1. The van der Waals surface area contributed by atoms with E-state index in [9.17, 15) is 0 Å². The van der Waals surface area contributed by atoms with Gasteiger partial charge in [0.2, 0.25) is 0 Å². The largest absolute Gasteiger partial charge is 0.399 e. The summed E-state index contributed by atoms with van der Waals surface area (Å²) >= 11 is 0. The van der Waals surface area contributed by atoms with E-state index in [2.05, 4.69) is 9.88 Å². The summed E-state index contributed by atoms with van der Waals surface area (Å²) in [5, 5.41) is 8.41. The fourth-order valence-electron chi connectivity index (χ4n) is 2.49. The van der Waals surface area contributed by atoms with Gasteiger partial charge >= 0.3 is 0 Å². The van der Waals surface area contributed by atoms with E-state index in [4.69, 9.17) is 21.6 Å². The van der Waals surface area contributed by atoms with Crippen LogP contribution in [-0.2, 0) is 4.74 Å². The number of nitrogens with two attached hydrogens (primary N) is 2. The first kappa shape index (κ1) is 14.3. The van der Waals surface area contributed by atoms with E-state index < -0.39 is 0 Å². The maximum absolute atomic E-state index is 8.41. The Bertz CT molecular complexity index is 695. The minimum Gasteiger partial charge on any atom is -0.399 e. The van der Waals surface area contributed by atoms with Crippen LogP contribution >= 0.6 is 0 Å². The molecule has 3 rings (SSSR count). The van der Waals surface area contributed by atoms with Crippen molar-refractivity contribution in [1.82, 2.24) is 4.98 Å². The van der Waals surface area contributed by atoms with Crippen molar-refractivity contribution in [2.75, 3.05) is 42.7 Å². The van der Waals surface area contributed by atoms with E-state index in [0.717, 1.165) is 24.5 Å². The number of aromatic nitrogens is 1. The van der Waals surface area contributed by atoms with E-state index in [0.29, 0.717) is 35.9 Å². The van der Waals surface area contributed by atoms with Gasteiger partial charge in [-0.3, -0.25) is 5.41 Å². The van der Waals surface area contributed by atoms with Crippen LogP contribution in [0, 0.1) is 5.41 Å². The lowest BCUT2D eigenvalue weighted by atomic mass is 10.0. The molecule has 0 aliphatic carbocycles. The molecule has 22 heavy (non-hydrogen) atoms. The Labute approximate surface area is 129 Å². The van der Waals surface area contributed by atoms with Crippen LogP contribution in [0.15, 0.2) is 36.5 Å². The third kappa shape index (κ3) is 2.87. The third-order valence-electron chi connectivity index (χ3n) is 3.72. The number of nitrogen functional groups attached to an aromatic ring is 2. The van der Waals surface area contributed by atoms with Gasteiger partial charge in [-0.1, -0.05) is 0 Å². The summed E-state index contributed by atoms with van der Waals surface area (Å²) in [7, 11) is 0. The van der Waals surface area contributed by atoms with Crippen LogP contribution in [0.4, 0.5) is 17.2 Å². The molecule has 6 heteroatoms. The van der Waals surface area contributed by atoms with Crippen molar-refractivity contribution in [2.24, 2.45) is 0 Å². The van der Waals surface area contributed by atoms with Gasteiger partial charge in [0.15, 0.2) is 0 Å². The molecule has 6 nitrogen and oxygen atoms in total. The first-order chi connectivity index (χ1) is 10.6. The molecule has 1 aromatic heterocycles. The third-order valence-corrected chi connectivity index (χ3v) is 3.72. The lowest BCUT2D eigenvalue weighted by Gasteiger charge is -2.28. The highest BCUT2D eigenvalue weighted by atomic mass is 16.5. The second-order valence-electron chi connectivity index (χ2n) is 5.22. The molecule has 114 valence electrons. The molecule has 0 amide bonds. The molecule has 1 saturated heterocycles. The molecule has 0 atom stereocenters. The van der Waals surface area contributed by atoms with Crippen LogP contribution in [0.2, 0.25) is 0 Å². The molecule has 2 aromatic rings. The molecule has 1 fully saturated rings. The highest BCUT2D eigenvalue weighted by molar-refractivity contribution is 6.14. The SMILES string of the molecule is N=C(c1ccnc(N2CCOCC2)c1)c1cc(N)ccc1N. The van der Waals surface area contributed by atoms with Gasteiger partial charge in [-0.15, -0.1) is 0 Å². The number of nitrogens with zero attached hydrogens (tertiary/aromatic N) is 2. The van der Waals surface area contributed by atoms with Gasteiger partial charge in [0.25, 0.3) is 0 Å². The molecule has 1 aromatic carbocycles. The molecular weight excluding hydrogens is 278 g/mol. The smallest absolute Gasteiger partial charge is 0.129 e. The molecule has 5 N–H and O–H groups in total. The van der Waals surface area contributed by atoms with Crippen LogP contribution in [-0.4, -0.2) is 37.0 Å². The quantitative estimate of drug-likeness (QED) is 0.588. The number of nitrogens with one attached hydrogen (secondary N) is 1. The molecule has 0 unspecified atom stereocenters. The van der Waals surface area contributed by atoms with Gasteiger partial charge < -0.3 is 21.1 Å². The summed E-state index contributed by atoms with van der Waals surface area (Å²) in [5.41, 5.74) is 14.7. The number of rotatable bonds is 3. The summed E-state index contributed by atoms with van der Waals surface area (Å²) in [6.45, 7) is 3.02. The number of hydrogen-bond acceptors (Lipinski definition) is 6. The maximum Gasteiger partial charge on any atom is 0.129 e. The Kier molecular flexibility index (Phi) is 3.93. The number of anilines is 3. The van der Waals surface area contributed by atoms with E-state index in [1.165, 1.54) is 0 Å². The zero-order valence-electron chi connectivity index (χ0n) is 12.2. The molecule has 0 radical (unpaired) electrons. The van der Waals surface area contributed by atoms with E-state index >= 15 is 0 Å². The minimum atomic E-state index is 0.349. The Hall–Kier alpha value is -2.60. The van der Waals surface area contributed by atoms with Crippen LogP contribution < -0.4 is 16.4 Å². The second-order valence-corrected chi connectivity index (χ2v) is 5.22. The second kappa shape index (κ2) is 6.03. The molecule has 1 aliphatic heterocycles. The Morgan fingerprint density at radius 1 is 1.14 bits per heavy atom. The normalized spacial score (nSPS) is 14.8. The van der Waals surface area contributed by atoms with Crippen molar-refractivity contribution in [3.05, 3.63) is 47.7 Å². The summed E-state index contributed by atoms with van der Waals surface area (Å²) in [6.07, 6.45) is 1.72. The zero-order valence-corrected chi connectivity index (χ0v) is 12.2. The zero-order chi connectivity index (χ0) is 15.5. The molecular formula is C16H19N5O. The molecule has 0 spiro atoms. The first-order valence-corrected chi connectivity index (χ1v) is 7.18. The topological polar surface area (TPSA) is 101 Å². The van der Waals surface area contributed by atoms with Gasteiger partial charge in [0.05, 0.1) is 18.9 Å². The van der Waals surface area contributed by atoms with Crippen LogP contribution in [0.3, 0.4) is 0 Å². The van der Waals surface area contributed by atoms with Gasteiger partial charge in [-0.25, -0.2) is 4.98 Å². The van der Waals surface area contributed by atoms with Gasteiger partial charge in [-0.05, 0) is 30.3 Å². The summed E-state index contributed by atoms with van der Waals surface area (Å²) in [6, 6.07) is 8.92.